The van der Waals surface area contributed by atoms with Gasteiger partial charge in [0.2, 0.25) is 0 Å². The third kappa shape index (κ3) is 3.56. The van der Waals surface area contributed by atoms with Crippen LogP contribution in [-0.2, 0) is 0 Å². The number of alkyl halides is 3. The average Bonchev–Trinajstić information content (AvgIpc) is 2.52. The molecular formula is C12H13F5N2. The van der Waals surface area contributed by atoms with Crippen LogP contribution in [0.4, 0.5) is 27.6 Å². The summed E-state index contributed by atoms with van der Waals surface area (Å²) in [6.07, 6.45) is -4.33. The van der Waals surface area contributed by atoms with Crippen LogP contribution >= 0.6 is 0 Å². The van der Waals surface area contributed by atoms with Gasteiger partial charge in [0, 0.05) is 37.9 Å². The normalized spacial score (nSPS) is 21.3. The quantitative estimate of drug-likeness (QED) is 0.795. The number of nitrogens with zero attached hydrogens (tertiary/aromatic N) is 1. The fourth-order valence-corrected chi connectivity index (χ4v) is 2.09. The van der Waals surface area contributed by atoms with Gasteiger partial charge in [-0.15, -0.1) is 0 Å². The lowest BCUT2D eigenvalue weighted by molar-refractivity contribution is -0.169. The lowest BCUT2D eigenvalue weighted by Gasteiger charge is -2.27. The molecule has 1 aliphatic rings. The number of rotatable bonds is 1. The predicted octanol–water partition coefficient (Wildman–Crippen LogP) is 2.55. The van der Waals surface area contributed by atoms with Gasteiger partial charge in [0.15, 0.2) is 0 Å². The minimum atomic E-state index is -4.33. The van der Waals surface area contributed by atoms with E-state index in [2.05, 4.69) is 5.32 Å². The Hall–Kier alpha value is -1.37. The van der Waals surface area contributed by atoms with Crippen molar-refractivity contribution in [3.63, 3.8) is 0 Å². The molecule has 0 aliphatic carbocycles. The Morgan fingerprint density at radius 1 is 1.11 bits per heavy atom. The highest BCUT2D eigenvalue weighted by molar-refractivity contribution is 5.47. The Balaban J connectivity index is 2.22. The molecule has 1 unspecified atom stereocenters. The first-order chi connectivity index (χ1) is 8.86. The van der Waals surface area contributed by atoms with Crippen molar-refractivity contribution >= 4 is 5.69 Å². The zero-order valence-corrected chi connectivity index (χ0v) is 9.97. The highest BCUT2D eigenvalue weighted by Crippen LogP contribution is 2.29. The van der Waals surface area contributed by atoms with E-state index in [1.807, 2.05) is 0 Å². The third-order valence-electron chi connectivity index (χ3n) is 3.07. The standard InChI is InChI=1S/C12H13F5N2/c13-9-3-10(14)5-11(4-9)19-2-1-18-6-8(7-19)12(15,16)17/h3-5,8,18H,1-2,6-7H2. The maximum absolute atomic E-state index is 13.1. The Kier molecular flexibility index (Phi) is 3.93. The van der Waals surface area contributed by atoms with Crippen molar-refractivity contribution in [1.29, 1.82) is 0 Å². The van der Waals surface area contributed by atoms with Gasteiger partial charge in [-0.1, -0.05) is 0 Å². The van der Waals surface area contributed by atoms with Crippen LogP contribution in [0.5, 0.6) is 0 Å². The lowest BCUT2D eigenvalue weighted by atomic mass is 10.1. The molecule has 1 aromatic rings. The summed E-state index contributed by atoms with van der Waals surface area (Å²) in [4.78, 5) is 1.35. The summed E-state index contributed by atoms with van der Waals surface area (Å²) in [7, 11) is 0. The van der Waals surface area contributed by atoms with E-state index in [9.17, 15) is 22.0 Å². The Bertz CT molecular complexity index is 426. The molecule has 106 valence electrons. The minimum absolute atomic E-state index is 0.135. The second-order valence-electron chi connectivity index (χ2n) is 4.52. The third-order valence-corrected chi connectivity index (χ3v) is 3.07. The van der Waals surface area contributed by atoms with Crippen LogP contribution in [-0.4, -0.2) is 32.4 Å². The summed E-state index contributed by atoms with van der Waals surface area (Å²) in [6, 6.07) is 2.78. The summed E-state index contributed by atoms with van der Waals surface area (Å²) >= 11 is 0. The Morgan fingerprint density at radius 2 is 1.74 bits per heavy atom. The average molecular weight is 280 g/mol. The van der Waals surface area contributed by atoms with E-state index in [0.717, 1.165) is 12.1 Å². The second kappa shape index (κ2) is 5.32. The lowest BCUT2D eigenvalue weighted by Crippen LogP contribution is -2.38. The number of hydrogen-bond donors (Lipinski definition) is 1. The van der Waals surface area contributed by atoms with Gasteiger partial charge < -0.3 is 10.2 Å². The van der Waals surface area contributed by atoms with E-state index in [0.29, 0.717) is 12.6 Å². The molecule has 1 saturated heterocycles. The SMILES string of the molecule is Fc1cc(F)cc(N2CCNCC(C(F)(F)F)C2)c1. The van der Waals surface area contributed by atoms with Crippen LogP contribution in [0.15, 0.2) is 18.2 Å². The molecule has 19 heavy (non-hydrogen) atoms. The molecule has 1 heterocycles. The van der Waals surface area contributed by atoms with Crippen molar-refractivity contribution in [2.75, 3.05) is 31.1 Å². The van der Waals surface area contributed by atoms with Gasteiger partial charge in [0.25, 0.3) is 0 Å². The highest BCUT2D eigenvalue weighted by Gasteiger charge is 2.41. The maximum atomic E-state index is 13.1. The number of hydrogen-bond acceptors (Lipinski definition) is 2. The smallest absolute Gasteiger partial charge is 0.369 e. The first-order valence-corrected chi connectivity index (χ1v) is 5.85. The molecule has 0 saturated carbocycles. The maximum Gasteiger partial charge on any atom is 0.394 e. The predicted molar refractivity (Wildman–Crippen MR) is 61.0 cm³/mol. The second-order valence-corrected chi connectivity index (χ2v) is 4.52. The zero-order valence-electron chi connectivity index (χ0n) is 9.97. The van der Waals surface area contributed by atoms with Crippen molar-refractivity contribution in [3.8, 4) is 0 Å². The van der Waals surface area contributed by atoms with Crippen LogP contribution in [0.1, 0.15) is 0 Å². The molecule has 0 aromatic heterocycles. The van der Waals surface area contributed by atoms with Crippen LogP contribution in [0.25, 0.3) is 0 Å². The summed E-state index contributed by atoms with van der Waals surface area (Å²) in [5.74, 6) is -3.15. The molecule has 1 aromatic carbocycles. The molecule has 0 amide bonds. The van der Waals surface area contributed by atoms with Gasteiger partial charge in [-0.05, 0) is 12.1 Å². The van der Waals surface area contributed by atoms with E-state index in [4.69, 9.17) is 0 Å². The van der Waals surface area contributed by atoms with Crippen LogP contribution in [0, 0.1) is 17.6 Å². The van der Waals surface area contributed by atoms with Gasteiger partial charge in [-0.25, -0.2) is 8.78 Å². The molecule has 2 rings (SSSR count). The van der Waals surface area contributed by atoms with Gasteiger partial charge in [0.1, 0.15) is 11.6 Å². The fourth-order valence-electron chi connectivity index (χ4n) is 2.09. The summed E-state index contributed by atoms with van der Waals surface area (Å²) in [5, 5.41) is 2.68. The van der Waals surface area contributed by atoms with E-state index in [1.54, 1.807) is 0 Å². The molecule has 2 nitrogen and oxygen atoms in total. The molecule has 1 N–H and O–H groups in total. The number of benzene rings is 1. The van der Waals surface area contributed by atoms with E-state index >= 15 is 0 Å². The van der Waals surface area contributed by atoms with Crippen LogP contribution in [0.3, 0.4) is 0 Å². The molecule has 1 aliphatic heterocycles. The topological polar surface area (TPSA) is 15.3 Å². The van der Waals surface area contributed by atoms with E-state index in [-0.39, 0.29) is 25.3 Å². The van der Waals surface area contributed by atoms with E-state index < -0.39 is 23.7 Å². The number of halogens is 5. The molecule has 7 heteroatoms. The van der Waals surface area contributed by atoms with Crippen molar-refractivity contribution in [1.82, 2.24) is 5.32 Å². The molecule has 1 fully saturated rings. The van der Waals surface area contributed by atoms with Gasteiger partial charge in [-0.2, -0.15) is 13.2 Å². The van der Waals surface area contributed by atoms with Gasteiger partial charge in [0.05, 0.1) is 5.92 Å². The molecule has 0 radical (unpaired) electrons. The fraction of sp³-hybridized carbons (Fsp3) is 0.500. The van der Waals surface area contributed by atoms with Gasteiger partial charge >= 0.3 is 6.18 Å². The highest BCUT2D eigenvalue weighted by atomic mass is 19.4. The molecule has 0 bridgehead atoms. The monoisotopic (exact) mass is 280 g/mol. The molecule has 1 atom stereocenters. The van der Waals surface area contributed by atoms with Crippen molar-refractivity contribution in [3.05, 3.63) is 29.8 Å². The van der Waals surface area contributed by atoms with Crippen LogP contribution in [0.2, 0.25) is 0 Å². The van der Waals surface area contributed by atoms with Crippen molar-refractivity contribution in [2.45, 2.75) is 6.18 Å². The Labute approximate surface area is 107 Å². The largest absolute Gasteiger partial charge is 0.394 e. The van der Waals surface area contributed by atoms with Crippen molar-refractivity contribution < 1.29 is 22.0 Å². The first-order valence-electron chi connectivity index (χ1n) is 5.85. The van der Waals surface area contributed by atoms with Gasteiger partial charge in [-0.3, -0.25) is 0 Å². The summed E-state index contributed by atoms with van der Waals surface area (Å²) in [5.41, 5.74) is 0.135. The van der Waals surface area contributed by atoms with Crippen molar-refractivity contribution in [2.24, 2.45) is 5.92 Å². The molecular weight excluding hydrogens is 267 g/mol. The van der Waals surface area contributed by atoms with E-state index in [1.165, 1.54) is 4.90 Å². The minimum Gasteiger partial charge on any atom is -0.369 e. The van der Waals surface area contributed by atoms with Crippen LogP contribution < -0.4 is 10.2 Å². The summed E-state index contributed by atoms with van der Waals surface area (Å²) < 4.78 is 64.5. The zero-order chi connectivity index (χ0) is 14.0. The number of nitrogens with one attached hydrogen (secondary N) is 1. The number of anilines is 1. The first kappa shape index (κ1) is 14.0. The Morgan fingerprint density at radius 3 is 2.32 bits per heavy atom. The molecule has 0 spiro atoms. The summed E-state index contributed by atoms with van der Waals surface area (Å²) in [6.45, 7) is 0.122.